The van der Waals surface area contributed by atoms with E-state index in [0.717, 1.165) is 10.5 Å². The molecule has 10 nitrogen and oxygen atoms in total. The molecule has 2 aliphatic rings. The fourth-order valence-electron chi connectivity index (χ4n) is 4.47. The van der Waals surface area contributed by atoms with Crippen LogP contribution in [0.15, 0.2) is 24.7 Å². The predicted molar refractivity (Wildman–Crippen MR) is 108 cm³/mol. The number of alkyl halides is 1. The number of aromatic nitrogens is 4. The highest BCUT2D eigenvalue weighted by Crippen LogP contribution is 2.31. The van der Waals surface area contributed by atoms with Gasteiger partial charge in [-0.15, -0.1) is 0 Å². The maximum Gasteiger partial charge on any atom is 0.407 e. The second-order valence-electron chi connectivity index (χ2n) is 7.86. The van der Waals surface area contributed by atoms with Crippen LogP contribution in [0.2, 0.25) is 0 Å². The largest absolute Gasteiger partial charge is 0.465 e. The van der Waals surface area contributed by atoms with Crippen LogP contribution in [0, 0.1) is 6.92 Å². The topological polar surface area (TPSA) is 130 Å². The quantitative estimate of drug-likeness (QED) is 0.634. The van der Waals surface area contributed by atoms with Gasteiger partial charge in [0.15, 0.2) is 5.82 Å². The Morgan fingerprint density at radius 1 is 1.29 bits per heavy atom. The molecule has 3 aromatic rings. The zero-order valence-corrected chi connectivity index (χ0v) is 16.7. The number of aryl methyl sites for hydroxylation is 1. The minimum atomic E-state index is -1.42. The van der Waals surface area contributed by atoms with E-state index in [2.05, 4.69) is 15.1 Å². The van der Waals surface area contributed by atoms with Gasteiger partial charge in [-0.2, -0.15) is 5.10 Å². The smallest absolute Gasteiger partial charge is 0.407 e. The standard InChI is InChI=1S/C20H20FN7O3/c1-10-4-15(28-17(10)18(22)24-9-25-28)11-5-12-14(23-6-11)2-3-27(19(12)29)16-8-26(20(30)31)7-13(16)21/h4-6,9,13,16H,2-3,7-8H2,1H3,(H,30,31)(H2,22,24,25). The van der Waals surface area contributed by atoms with E-state index in [1.807, 2.05) is 13.0 Å². The number of carboxylic acid groups (broad SMARTS) is 1. The van der Waals surface area contributed by atoms with E-state index in [9.17, 15) is 14.0 Å². The van der Waals surface area contributed by atoms with Gasteiger partial charge in [0.2, 0.25) is 0 Å². The summed E-state index contributed by atoms with van der Waals surface area (Å²) >= 11 is 0. The lowest BCUT2D eigenvalue weighted by Crippen LogP contribution is -2.49. The number of amides is 2. The van der Waals surface area contributed by atoms with E-state index in [-0.39, 0.29) is 19.0 Å². The van der Waals surface area contributed by atoms with E-state index in [4.69, 9.17) is 10.8 Å². The number of halogens is 1. The molecular formula is C20H20FN7O3. The number of hydrogen-bond acceptors (Lipinski definition) is 6. The molecule has 0 spiro atoms. The number of carbonyl (C=O) groups excluding carboxylic acids is 1. The molecule has 31 heavy (non-hydrogen) atoms. The lowest BCUT2D eigenvalue weighted by Gasteiger charge is -2.33. The molecule has 0 bridgehead atoms. The first-order chi connectivity index (χ1) is 14.8. The van der Waals surface area contributed by atoms with Gasteiger partial charge in [-0.3, -0.25) is 9.78 Å². The van der Waals surface area contributed by atoms with Crippen molar-refractivity contribution in [1.29, 1.82) is 0 Å². The summed E-state index contributed by atoms with van der Waals surface area (Å²) in [7, 11) is 0. The number of anilines is 1. The zero-order chi connectivity index (χ0) is 21.9. The minimum absolute atomic E-state index is 0.0383. The van der Waals surface area contributed by atoms with Crippen LogP contribution in [-0.2, 0) is 6.42 Å². The first-order valence-corrected chi connectivity index (χ1v) is 9.86. The van der Waals surface area contributed by atoms with Crippen molar-refractivity contribution in [3.8, 4) is 11.3 Å². The van der Waals surface area contributed by atoms with Crippen LogP contribution in [0.25, 0.3) is 16.8 Å². The Labute approximate surface area is 176 Å². The Kier molecular flexibility index (Phi) is 4.27. The molecule has 0 aromatic carbocycles. The van der Waals surface area contributed by atoms with Gasteiger partial charge in [0.05, 0.1) is 29.5 Å². The van der Waals surface area contributed by atoms with Gasteiger partial charge >= 0.3 is 6.09 Å². The summed E-state index contributed by atoms with van der Waals surface area (Å²) in [6.45, 7) is 1.93. The Balaban J connectivity index is 1.52. The summed E-state index contributed by atoms with van der Waals surface area (Å²) in [5.74, 6) is 0.00679. The highest BCUT2D eigenvalue weighted by atomic mass is 19.1. The number of nitrogen functional groups attached to an aromatic ring is 1. The third-order valence-electron chi connectivity index (χ3n) is 6.01. The summed E-state index contributed by atoms with van der Waals surface area (Å²) in [4.78, 5) is 35.4. The number of pyridine rings is 1. The molecule has 5 rings (SSSR count). The van der Waals surface area contributed by atoms with Gasteiger partial charge in [-0.1, -0.05) is 0 Å². The van der Waals surface area contributed by atoms with Crippen LogP contribution in [0.4, 0.5) is 15.0 Å². The third-order valence-corrected chi connectivity index (χ3v) is 6.01. The second-order valence-corrected chi connectivity index (χ2v) is 7.86. The van der Waals surface area contributed by atoms with E-state index in [1.165, 1.54) is 11.2 Å². The molecule has 3 aromatic heterocycles. The average Bonchev–Trinajstić information content (AvgIpc) is 3.29. The molecule has 2 unspecified atom stereocenters. The van der Waals surface area contributed by atoms with Crippen LogP contribution in [0.3, 0.4) is 0 Å². The first kappa shape index (κ1) is 19.2. The Bertz CT molecular complexity index is 1230. The summed E-state index contributed by atoms with van der Waals surface area (Å²) in [5.41, 5.74) is 9.97. The number of rotatable bonds is 2. The van der Waals surface area contributed by atoms with Gasteiger partial charge in [0, 0.05) is 31.3 Å². The predicted octanol–water partition coefficient (Wildman–Crippen LogP) is 1.38. The fraction of sp³-hybridized carbons (Fsp3) is 0.350. The number of hydrogen-bond donors (Lipinski definition) is 2. The highest BCUT2D eigenvalue weighted by Gasteiger charge is 2.42. The zero-order valence-electron chi connectivity index (χ0n) is 16.7. The Hall–Kier alpha value is -3.76. The van der Waals surface area contributed by atoms with Gasteiger partial charge in [-0.05, 0) is 24.6 Å². The van der Waals surface area contributed by atoms with Gasteiger partial charge < -0.3 is 20.6 Å². The SMILES string of the molecule is Cc1cc(-c2cnc3c(c2)C(=O)N(C2CN(C(=O)O)CC2F)CC3)n2ncnc(N)c12. The monoisotopic (exact) mass is 425 g/mol. The molecule has 2 amide bonds. The number of fused-ring (bicyclic) bond motifs is 2. The molecule has 3 N–H and O–H groups in total. The van der Waals surface area contributed by atoms with Gasteiger partial charge in [0.25, 0.3) is 5.91 Å². The second kappa shape index (κ2) is 6.89. The molecule has 160 valence electrons. The van der Waals surface area contributed by atoms with Crippen LogP contribution in [0.5, 0.6) is 0 Å². The molecule has 2 aliphatic heterocycles. The van der Waals surface area contributed by atoms with Crippen molar-refractivity contribution in [2.75, 3.05) is 25.4 Å². The van der Waals surface area contributed by atoms with Crippen molar-refractivity contribution < 1.29 is 19.1 Å². The van der Waals surface area contributed by atoms with Crippen molar-refractivity contribution in [3.05, 3.63) is 41.5 Å². The minimum Gasteiger partial charge on any atom is -0.465 e. The fourth-order valence-corrected chi connectivity index (χ4v) is 4.47. The Morgan fingerprint density at radius 3 is 2.84 bits per heavy atom. The van der Waals surface area contributed by atoms with E-state index >= 15 is 0 Å². The number of carbonyl (C=O) groups is 2. The maximum absolute atomic E-state index is 14.5. The number of nitrogens with zero attached hydrogens (tertiary/aromatic N) is 6. The molecule has 0 radical (unpaired) electrons. The molecule has 0 aliphatic carbocycles. The lowest BCUT2D eigenvalue weighted by molar-refractivity contribution is 0.0596. The Morgan fingerprint density at radius 2 is 2.10 bits per heavy atom. The van der Waals surface area contributed by atoms with Crippen molar-refractivity contribution in [3.63, 3.8) is 0 Å². The highest BCUT2D eigenvalue weighted by molar-refractivity contribution is 5.98. The summed E-state index contributed by atoms with van der Waals surface area (Å²) in [6, 6.07) is 2.83. The summed E-state index contributed by atoms with van der Waals surface area (Å²) in [5, 5.41) is 13.4. The molecule has 0 saturated carbocycles. The van der Waals surface area contributed by atoms with Crippen LogP contribution in [-0.4, -0.2) is 78.3 Å². The third kappa shape index (κ3) is 2.95. The van der Waals surface area contributed by atoms with E-state index in [1.54, 1.807) is 16.8 Å². The van der Waals surface area contributed by atoms with Gasteiger partial charge in [0.1, 0.15) is 18.0 Å². The van der Waals surface area contributed by atoms with Crippen molar-refractivity contribution in [2.24, 2.45) is 0 Å². The summed E-state index contributed by atoms with van der Waals surface area (Å²) in [6.07, 6.45) is 0.909. The van der Waals surface area contributed by atoms with E-state index < -0.39 is 18.3 Å². The maximum atomic E-state index is 14.5. The average molecular weight is 425 g/mol. The molecular weight excluding hydrogens is 405 g/mol. The van der Waals surface area contributed by atoms with Crippen molar-refractivity contribution in [1.82, 2.24) is 29.4 Å². The number of nitrogens with two attached hydrogens (primary N) is 1. The van der Waals surface area contributed by atoms with Crippen LogP contribution in [0.1, 0.15) is 21.6 Å². The first-order valence-electron chi connectivity index (χ1n) is 9.86. The van der Waals surface area contributed by atoms with Crippen molar-refractivity contribution in [2.45, 2.75) is 25.6 Å². The molecule has 11 heteroatoms. The van der Waals surface area contributed by atoms with E-state index in [0.29, 0.717) is 46.8 Å². The normalized spacial score (nSPS) is 21.0. The number of likely N-dealkylation sites (tertiary alicyclic amines) is 1. The van der Waals surface area contributed by atoms with Crippen LogP contribution >= 0.6 is 0 Å². The van der Waals surface area contributed by atoms with Crippen LogP contribution < -0.4 is 5.73 Å². The summed E-state index contributed by atoms with van der Waals surface area (Å²) < 4.78 is 16.2. The molecule has 5 heterocycles. The molecule has 1 fully saturated rings. The molecule has 1 saturated heterocycles. The molecule has 2 atom stereocenters. The lowest BCUT2D eigenvalue weighted by atomic mass is 9.99. The van der Waals surface area contributed by atoms with Crippen molar-refractivity contribution >= 4 is 23.3 Å². The van der Waals surface area contributed by atoms with Gasteiger partial charge in [-0.25, -0.2) is 18.7 Å².